The molecule has 18 heavy (non-hydrogen) atoms. The van der Waals surface area contributed by atoms with Crippen molar-refractivity contribution >= 4 is 29.4 Å². The molecule has 2 rings (SSSR count). The van der Waals surface area contributed by atoms with Crippen LogP contribution >= 0.6 is 11.3 Å². The highest BCUT2D eigenvalue weighted by Crippen LogP contribution is 2.14. The van der Waals surface area contributed by atoms with E-state index in [1.165, 1.54) is 24.6 Å². The molecule has 2 aromatic heterocycles. The van der Waals surface area contributed by atoms with Crippen molar-refractivity contribution in [3.63, 3.8) is 0 Å². The van der Waals surface area contributed by atoms with Crippen molar-refractivity contribution in [2.24, 2.45) is 5.10 Å². The van der Waals surface area contributed by atoms with Crippen LogP contribution in [0.1, 0.15) is 25.1 Å². The third kappa shape index (κ3) is 2.83. The summed E-state index contributed by atoms with van der Waals surface area (Å²) in [6, 6.07) is 6.19. The number of hydrogen-bond donors (Lipinski definition) is 2. The maximum absolute atomic E-state index is 11.4. The molecule has 2 heterocycles. The van der Waals surface area contributed by atoms with Gasteiger partial charge in [-0.05, 0) is 24.3 Å². The van der Waals surface area contributed by atoms with E-state index in [0.717, 1.165) is 11.3 Å². The maximum atomic E-state index is 11.4. The minimum Gasteiger partial charge on any atom is -0.477 e. The van der Waals surface area contributed by atoms with Crippen LogP contribution in [0.2, 0.25) is 0 Å². The molecule has 0 bridgehead atoms. The van der Waals surface area contributed by atoms with Gasteiger partial charge in [0.1, 0.15) is 4.88 Å². The Morgan fingerprint density at radius 3 is 2.83 bits per heavy atom. The molecule has 0 unspecified atom stereocenters. The van der Waals surface area contributed by atoms with Crippen molar-refractivity contribution in [2.45, 2.75) is 0 Å². The lowest BCUT2D eigenvalue weighted by molar-refractivity contribution is 0.0702. The summed E-state index contributed by atoms with van der Waals surface area (Å²) in [5, 5.41) is 12.4. The molecule has 0 spiro atoms. The molecule has 0 aromatic carbocycles. The Hall–Kier alpha value is -2.41. The quantitative estimate of drug-likeness (QED) is 0.650. The van der Waals surface area contributed by atoms with Crippen LogP contribution in [0.15, 0.2) is 40.0 Å². The third-order valence-corrected chi connectivity index (χ3v) is 2.95. The number of amides is 1. The van der Waals surface area contributed by atoms with Crippen LogP contribution in [0.25, 0.3) is 0 Å². The average molecular weight is 264 g/mol. The van der Waals surface area contributed by atoms with Crippen LogP contribution in [0.5, 0.6) is 0 Å². The summed E-state index contributed by atoms with van der Waals surface area (Å²) in [4.78, 5) is 22.9. The second-order valence-corrected chi connectivity index (χ2v) is 4.30. The molecule has 92 valence electrons. The molecule has 0 aliphatic carbocycles. The molecule has 0 saturated heterocycles. The number of carboxylic acid groups (broad SMARTS) is 1. The van der Waals surface area contributed by atoms with E-state index in [1.54, 1.807) is 12.1 Å². The van der Waals surface area contributed by atoms with Gasteiger partial charge in [0.25, 0.3) is 0 Å². The predicted octanol–water partition coefficient (Wildman–Crippen LogP) is 1.80. The number of carbonyl (C=O) groups is 2. The number of thiophene rings is 1. The lowest BCUT2D eigenvalue weighted by atomic mass is 10.4. The summed E-state index contributed by atoms with van der Waals surface area (Å²) in [7, 11) is 0. The zero-order valence-electron chi connectivity index (χ0n) is 8.99. The number of aromatic carboxylic acids is 1. The molecule has 0 saturated carbocycles. The van der Waals surface area contributed by atoms with Gasteiger partial charge in [-0.15, -0.1) is 11.3 Å². The van der Waals surface area contributed by atoms with Crippen molar-refractivity contribution in [1.82, 2.24) is 5.43 Å². The van der Waals surface area contributed by atoms with Gasteiger partial charge in [-0.2, -0.15) is 5.10 Å². The van der Waals surface area contributed by atoms with Crippen LogP contribution in [0.4, 0.5) is 0 Å². The van der Waals surface area contributed by atoms with Crippen molar-refractivity contribution in [2.75, 3.05) is 0 Å². The zero-order valence-corrected chi connectivity index (χ0v) is 9.81. The molecular weight excluding hydrogens is 256 g/mol. The molecule has 0 aliphatic rings. The molecule has 0 aliphatic heterocycles. The summed E-state index contributed by atoms with van der Waals surface area (Å²) >= 11 is 1.07. The minimum absolute atomic E-state index is 0.157. The van der Waals surface area contributed by atoms with Gasteiger partial charge in [-0.3, -0.25) is 4.79 Å². The highest BCUT2D eigenvalue weighted by molar-refractivity contribution is 7.15. The lowest BCUT2D eigenvalue weighted by Crippen LogP contribution is -2.16. The van der Waals surface area contributed by atoms with Crippen LogP contribution < -0.4 is 5.43 Å². The van der Waals surface area contributed by atoms with E-state index < -0.39 is 11.9 Å². The summed E-state index contributed by atoms with van der Waals surface area (Å²) in [6.45, 7) is 0. The van der Waals surface area contributed by atoms with Gasteiger partial charge >= 0.3 is 11.9 Å². The first kappa shape index (κ1) is 12.1. The van der Waals surface area contributed by atoms with Gasteiger partial charge < -0.3 is 9.52 Å². The molecule has 0 fully saturated rings. The monoisotopic (exact) mass is 264 g/mol. The van der Waals surface area contributed by atoms with E-state index in [4.69, 9.17) is 9.52 Å². The van der Waals surface area contributed by atoms with Gasteiger partial charge in [0.2, 0.25) is 0 Å². The first-order chi connectivity index (χ1) is 8.66. The summed E-state index contributed by atoms with van der Waals surface area (Å²) < 4.78 is 4.87. The minimum atomic E-state index is -0.987. The van der Waals surface area contributed by atoms with E-state index in [1.807, 2.05) is 0 Å². The Morgan fingerprint density at radius 2 is 2.22 bits per heavy atom. The SMILES string of the molecule is O=C(N/N=C/c1ccc(C(=O)O)s1)c1ccco1. The van der Waals surface area contributed by atoms with Gasteiger partial charge in [-0.1, -0.05) is 0 Å². The van der Waals surface area contributed by atoms with Crippen LogP contribution in [0.3, 0.4) is 0 Å². The molecule has 0 radical (unpaired) electrons. The lowest BCUT2D eigenvalue weighted by Gasteiger charge is -1.93. The topological polar surface area (TPSA) is 91.9 Å². The van der Waals surface area contributed by atoms with Gasteiger partial charge in [0.05, 0.1) is 12.5 Å². The predicted molar refractivity (Wildman–Crippen MR) is 65.0 cm³/mol. The summed E-state index contributed by atoms with van der Waals surface area (Å²) in [6.07, 6.45) is 2.76. The van der Waals surface area contributed by atoms with Crippen LogP contribution in [-0.4, -0.2) is 23.2 Å². The van der Waals surface area contributed by atoms with E-state index >= 15 is 0 Å². The second kappa shape index (κ2) is 5.28. The van der Waals surface area contributed by atoms with Crippen LogP contribution in [0, 0.1) is 0 Å². The summed E-state index contributed by atoms with van der Waals surface area (Å²) in [5.74, 6) is -1.30. The van der Waals surface area contributed by atoms with Crippen molar-refractivity contribution < 1.29 is 19.1 Å². The molecular formula is C11H8N2O4S. The summed E-state index contributed by atoms with van der Waals surface area (Å²) in [5.41, 5.74) is 2.27. The third-order valence-electron chi connectivity index (χ3n) is 1.94. The van der Waals surface area contributed by atoms with E-state index in [9.17, 15) is 9.59 Å². The highest BCUT2D eigenvalue weighted by atomic mass is 32.1. The van der Waals surface area contributed by atoms with E-state index in [-0.39, 0.29) is 10.6 Å². The molecule has 2 N–H and O–H groups in total. The number of furan rings is 1. The van der Waals surface area contributed by atoms with Crippen molar-refractivity contribution in [1.29, 1.82) is 0 Å². The fraction of sp³-hybridized carbons (Fsp3) is 0. The Kier molecular flexibility index (Phi) is 3.54. The Bertz CT molecular complexity index is 586. The number of carboxylic acids is 1. The molecule has 1 amide bonds. The number of carbonyl (C=O) groups excluding carboxylic acids is 1. The highest BCUT2D eigenvalue weighted by Gasteiger charge is 2.07. The maximum Gasteiger partial charge on any atom is 0.345 e. The Balaban J connectivity index is 1.95. The van der Waals surface area contributed by atoms with Crippen molar-refractivity contribution in [3.05, 3.63) is 46.0 Å². The Morgan fingerprint density at radius 1 is 1.39 bits per heavy atom. The number of rotatable bonds is 4. The van der Waals surface area contributed by atoms with Gasteiger partial charge in [-0.25, -0.2) is 10.2 Å². The smallest absolute Gasteiger partial charge is 0.345 e. The molecule has 6 nitrogen and oxygen atoms in total. The van der Waals surface area contributed by atoms with E-state index in [2.05, 4.69) is 10.5 Å². The van der Waals surface area contributed by atoms with Crippen molar-refractivity contribution in [3.8, 4) is 0 Å². The van der Waals surface area contributed by atoms with Gasteiger partial charge in [0, 0.05) is 4.88 Å². The fourth-order valence-corrected chi connectivity index (χ4v) is 1.87. The normalized spacial score (nSPS) is 10.7. The molecule has 2 aromatic rings. The molecule has 0 atom stereocenters. The number of nitrogens with one attached hydrogen (secondary N) is 1. The zero-order chi connectivity index (χ0) is 13.0. The molecule has 7 heteroatoms. The Labute approximate surface area is 106 Å². The first-order valence-corrected chi connectivity index (χ1v) is 5.68. The largest absolute Gasteiger partial charge is 0.477 e. The number of hydrogen-bond acceptors (Lipinski definition) is 5. The average Bonchev–Trinajstić information content (AvgIpc) is 3.00. The van der Waals surface area contributed by atoms with Crippen LogP contribution in [-0.2, 0) is 0 Å². The first-order valence-electron chi connectivity index (χ1n) is 4.87. The van der Waals surface area contributed by atoms with E-state index in [0.29, 0.717) is 4.88 Å². The standard InChI is InChI=1S/C11H8N2O4S/c14-10(8-2-1-5-17-8)13-12-6-7-3-4-9(18-7)11(15)16/h1-6H,(H,13,14)(H,15,16)/b12-6+. The fourth-order valence-electron chi connectivity index (χ4n) is 1.15. The second-order valence-electron chi connectivity index (χ2n) is 3.18. The number of hydrazone groups is 1. The van der Waals surface area contributed by atoms with Gasteiger partial charge in [0.15, 0.2) is 5.76 Å². The number of nitrogens with zero attached hydrogens (tertiary/aromatic N) is 1.